The summed E-state index contributed by atoms with van der Waals surface area (Å²) in [6.45, 7) is 7.18. The number of aromatic nitrogens is 1. The summed E-state index contributed by atoms with van der Waals surface area (Å²) >= 11 is 2.86. The highest BCUT2D eigenvalue weighted by molar-refractivity contribution is 7.99. The van der Waals surface area contributed by atoms with E-state index in [4.69, 9.17) is 67.2 Å². The lowest BCUT2D eigenvalue weighted by Gasteiger charge is -2.42. The maximum absolute atomic E-state index is 15.5. The van der Waals surface area contributed by atoms with Gasteiger partial charge in [-0.25, -0.2) is 4.79 Å². The minimum Gasteiger partial charge on any atom is -0.480 e. The molecule has 38 N–H and O–H groups in total. The number of aromatic amines is 1. The second-order valence-electron chi connectivity index (χ2n) is 37.9. The Labute approximate surface area is 882 Å². The van der Waals surface area contributed by atoms with E-state index in [1.54, 1.807) is 89.3 Å². The summed E-state index contributed by atoms with van der Waals surface area (Å²) in [7, 11) is 0. The Balaban J connectivity index is 1.38. The third-order valence-corrected chi connectivity index (χ3v) is 28.1. The van der Waals surface area contributed by atoms with E-state index in [0.29, 0.717) is 27.6 Å². The molecule has 17 amide bonds. The fourth-order valence-electron chi connectivity index (χ4n) is 16.9. The molecule has 0 spiro atoms. The van der Waals surface area contributed by atoms with E-state index in [0.717, 1.165) is 35.3 Å². The summed E-state index contributed by atoms with van der Waals surface area (Å²) < 4.78 is 0. The molecule has 4 saturated heterocycles. The van der Waals surface area contributed by atoms with Crippen LogP contribution >= 0.6 is 35.3 Å². The molecule has 14 atom stereocenters. The van der Waals surface area contributed by atoms with Crippen molar-refractivity contribution < 1.29 is 91.4 Å². The first-order valence-electron chi connectivity index (χ1n) is 50.0. The minimum absolute atomic E-state index is 0.00703. The maximum Gasteiger partial charge on any atom is 0.326 e. The van der Waals surface area contributed by atoms with Crippen molar-refractivity contribution in [3.8, 4) is 0 Å². The van der Waals surface area contributed by atoms with Gasteiger partial charge in [0.1, 0.15) is 78.5 Å². The van der Waals surface area contributed by atoms with Gasteiger partial charge in [0.2, 0.25) is 100 Å². The molecule has 0 unspecified atom stereocenters. The van der Waals surface area contributed by atoms with Crippen LogP contribution < -0.4 is 131 Å². The van der Waals surface area contributed by atoms with E-state index in [1.807, 2.05) is 0 Å². The predicted octanol–water partition coefficient (Wildman–Crippen LogP) is -6.07. The van der Waals surface area contributed by atoms with E-state index in [9.17, 15) is 24.3 Å². The molecule has 0 radical (unpaired) electrons. The van der Waals surface area contributed by atoms with Gasteiger partial charge in [-0.2, -0.15) is 35.3 Å². The van der Waals surface area contributed by atoms with Gasteiger partial charge in [-0.3, -0.25) is 109 Å². The predicted molar refractivity (Wildman–Crippen MR) is 564 cm³/mol. The number of benzene rings is 2. The number of carbonyl (C=O) groups is 18. The molecular formula is C94H150N34O19S3. The van der Waals surface area contributed by atoms with Crippen LogP contribution in [0.5, 0.6) is 0 Å². The number of carbonyl (C=O) groups excluding carboxylic acids is 17. The van der Waals surface area contributed by atoms with Crippen LogP contribution in [0.15, 0.2) is 54.7 Å². The molecular weight excluding hydrogens is 2010 g/mol. The lowest BCUT2D eigenvalue weighted by molar-refractivity contribution is -0.158. The van der Waals surface area contributed by atoms with Crippen molar-refractivity contribution >= 4 is 182 Å². The average Bonchev–Trinajstić information content (AvgIpc) is 1.63. The largest absolute Gasteiger partial charge is 0.480 e. The van der Waals surface area contributed by atoms with Gasteiger partial charge in [0.05, 0.1) is 26.0 Å². The normalized spacial score (nSPS) is 22.2. The summed E-state index contributed by atoms with van der Waals surface area (Å²) in [5.41, 5.74) is 42.7. The molecule has 2 aromatic carbocycles. The number of hydrogen-bond acceptors (Lipinski definition) is 27. The zero-order valence-corrected chi connectivity index (χ0v) is 87.7. The van der Waals surface area contributed by atoms with Crippen molar-refractivity contribution in [3.63, 3.8) is 0 Å². The molecule has 5 heterocycles. The number of thioether (sulfide) groups is 3. The van der Waals surface area contributed by atoms with Gasteiger partial charge in [-0.15, -0.1) is 0 Å². The van der Waals surface area contributed by atoms with Crippen LogP contribution in [0.2, 0.25) is 0 Å². The number of nitrogens with two attached hydrogens (primary N) is 7. The monoisotopic (exact) mass is 2160 g/mol. The Morgan fingerprint density at radius 2 is 0.907 bits per heavy atom. The number of amides is 17. The number of para-hydroxylation sites is 1. The number of guanidine groups is 5. The Morgan fingerprint density at radius 1 is 0.467 bits per heavy atom. The highest BCUT2D eigenvalue weighted by atomic mass is 32.2. The first kappa shape index (κ1) is 123. The Bertz CT molecular complexity index is 5230. The van der Waals surface area contributed by atoms with Gasteiger partial charge in [-0.05, 0) is 138 Å². The molecule has 4 fully saturated rings. The molecule has 7 rings (SSSR count). The fraction of sp³-hybridized carbons (Fsp3) is 0.606. The van der Waals surface area contributed by atoms with E-state index in [1.165, 1.54) is 19.6 Å². The number of H-pyrrole nitrogens is 1. The number of hydrogen-bond donors (Lipinski definition) is 31. The molecule has 53 nitrogen and oxygen atoms in total. The number of carboxylic acid groups (broad SMARTS) is 1. The van der Waals surface area contributed by atoms with Crippen LogP contribution in [0, 0.1) is 45.8 Å². The highest BCUT2D eigenvalue weighted by Gasteiger charge is 2.44. The van der Waals surface area contributed by atoms with E-state index in [-0.39, 0.29) is 183 Å². The van der Waals surface area contributed by atoms with Crippen LogP contribution in [0.1, 0.15) is 166 Å². The lowest BCUT2D eigenvalue weighted by atomic mass is 9.99. The van der Waals surface area contributed by atoms with Gasteiger partial charge in [0.25, 0.3) is 0 Å². The van der Waals surface area contributed by atoms with E-state index in [2.05, 4.69) is 95.4 Å². The molecule has 1 aromatic heterocycles. The third-order valence-electron chi connectivity index (χ3n) is 24.9. The molecule has 56 heteroatoms. The highest BCUT2D eigenvalue weighted by Crippen LogP contribution is 2.26. The lowest BCUT2D eigenvalue weighted by Crippen LogP contribution is -2.61. The number of primary amides is 1. The molecule has 828 valence electrons. The molecule has 0 saturated carbocycles. The smallest absolute Gasteiger partial charge is 0.326 e. The summed E-state index contributed by atoms with van der Waals surface area (Å²) in [6.07, 6.45) is -2.09. The number of aliphatic carboxylic acids is 1. The number of aryl methyl sites for hydroxylation is 1. The van der Waals surface area contributed by atoms with E-state index < -0.39 is 278 Å². The first-order valence-corrected chi connectivity index (χ1v) is 53.5. The van der Waals surface area contributed by atoms with Crippen molar-refractivity contribution in [2.75, 3.05) is 93.8 Å². The van der Waals surface area contributed by atoms with Gasteiger partial charge in [0, 0.05) is 129 Å². The van der Waals surface area contributed by atoms with Crippen LogP contribution in [0.25, 0.3) is 10.9 Å². The van der Waals surface area contributed by atoms with Crippen LogP contribution in [-0.2, 0) is 99.1 Å². The number of nitrogens with zero attached hydrogens (tertiary/aromatic N) is 4. The Kier molecular flexibility index (Phi) is 51.5. The second-order valence-corrected chi connectivity index (χ2v) is 41.4. The summed E-state index contributed by atoms with van der Waals surface area (Å²) in [4.78, 5) is 277. The Hall–Kier alpha value is -14.2. The molecule has 4 bridgehead atoms. The summed E-state index contributed by atoms with van der Waals surface area (Å²) in [6, 6.07) is -8.14. The zero-order valence-electron chi connectivity index (χ0n) is 85.2. The number of fused-ring (bicyclic) bond motifs is 9. The van der Waals surface area contributed by atoms with Crippen LogP contribution in [-0.4, -0.2) is 344 Å². The van der Waals surface area contributed by atoms with Crippen LogP contribution in [0.4, 0.5) is 0 Å². The molecule has 150 heavy (non-hydrogen) atoms. The quantitative estimate of drug-likeness (QED) is 0.0144. The molecule has 4 aliphatic heterocycles. The van der Waals surface area contributed by atoms with Crippen molar-refractivity contribution in [1.82, 2.24) is 115 Å². The molecule has 3 aromatic rings. The third kappa shape index (κ3) is 42.4. The van der Waals surface area contributed by atoms with Gasteiger partial charge >= 0.3 is 5.97 Å². The molecule has 0 aliphatic carbocycles. The number of rotatable bonds is 38. The minimum atomic E-state index is -1.78. The van der Waals surface area contributed by atoms with Gasteiger partial charge in [0.15, 0.2) is 29.8 Å². The number of nitrogens with one attached hydrogen (secondary N) is 23. The van der Waals surface area contributed by atoms with Crippen molar-refractivity contribution in [2.24, 2.45) is 52.0 Å². The average molecular weight is 2160 g/mol. The van der Waals surface area contributed by atoms with Gasteiger partial charge < -0.3 is 160 Å². The molecule has 4 aliphatic rings. The van der Waals surface area contributed by atoms with Crippen molar-refractivity contribution in [2.45, 2.75) is 254 Å². The Morgan fingerprint density at radius 3 is 1.42 bits per heavy atom. The van der Waals surface area contributed by atoms with Crippen molar-refractivity contribution in [3.05, 3.63) is 71.4 Å². The zero-order chi connectivity index (χ0) is 110. The summed E-state index contributed by atoms with van der Waals surface area (Å²) in [5.74, 6) is -21.7. The second kappa shape index (κ2) is 62.9. The maximum atomic E-state index is 15.5. The standard InChI is InChI=1S/C94H150N34O19S3/c1-51(2)40-64-82(139)113-62(24-14-35-111-94(105)106)80(137)123-69(84(141)116-61(23-13-34-110-93(103)104)79(136)121-67(89(146)147)43-55-44-112-58-20-9-8-18-56(55)58)46-149-38-29-74(131)126-48-125-49-127(50-126)75(132)30-39-150-47-70(85(142)115-59(21-11-32-108-91(99)100)77(134)117-63(81(138)118-64)26-27-72(96)129)124-87(144)71-25-15-36-128(71)88(145)66(41-52(3)4)120-78(135)60(22-12-33-109-92(101)102)114-83(140)65(42-54-17-7-6-16-53(54)5)119-86(143)68(45-148-37-28-73(125)130)122-76(133)57(95)19-10-31-107-90(97)98/h6-9,16-18,20,44,51-52,57,59-71,112H,10-15,19,21-43,45-50,95H2,1-5H3,(H2,96,129)(H,113,139)(H,114,140)(H,115,142)(H,116,141)(H,117,134)(H,118,138)(H,119,143)(H,120,135)(H,121,136)(H,122,133)(H,123,137)(H,124,144)(H,146,147)(H4,97,98,107)(H4,99,100,108)(H4,101,102,109)(H4,103,104,110)(H4,105,106,111)/t57-,59-,60-,61-,62-,63-,64-,65-,66-,67-,68-,69-,70-,71-/m0/s1. The van der Waals surface area contributed by atoms with E-state index >= 15 is 67.1 Å². The van der Waals surface area contributed by atoms with Crippen LogP contribution in [0.3, 0.4) is 0 Å². The SMILES string of the molecule is Cc1ccccc1C[C@@H]1NC(=O)[C@@H](NC(=O)[C@@H](N)CCCNC(=N)N)CSCCC(=O)N2CN3CN(C2)C(=O)CCSC[C@H](NC(=O)[C@@H]2CCCN2C(=O)[C@H](CC(C)C)NC(=O)[C@H](CCCNC(=N)N)NC1=O)C(=O)N[C@@H](CCCNC(=N)N)C(=O)N[C@@H](CCC(N)=O)C(=O)N[C@@H](CC(C)C)C(=O)N[C@@H](CCCNC(=N)N)C(=O)N[C@H](C(=O)N[C@@H](CCCNC(=N)N)C(=O)N[C@@H](Cc1c[nH]c2ccccc12)C(=O)O)CSCCC3=O. The summed E-state index contributed by atoms with van der Waals surface area (Å²) in [5, 5.41) is 95.9. The topological polar surface area (TPSA) is 862 Å². The van der Waals surface area contributed by atoms with Gasteiger partial charge in [-0.1, -0.05) is 70.2 Å². The first-order chi connectivity index (χ1) is 71.2. The number of carboxylic acids is 1. The fourth-order valence-corrected chi connectivity index (χ4v) is 19.8. The van der Waals surface area contributed by atoms with Crippen molar-refractivity contribution in [1.29, 1.82) is 27.0 Å².